The third kappa shape index (κ3) is 2.21. The maximum Gasteiger partial charge on any atom is 0.222 e. The lowest BCUT2D eigenvalue weighted by atomic mass is 10.1. The smallest absolute Gasteiger partial charge is 0.222 e. The molecule has 0 aliphatic carbocycles. The third-order valence-corrected chi connectivity index (χ3v) is 2.23. The zero-order valence-corrected chi connectivity index (χ0v) is 7.96. The van der Waals surface area contributed by atoms with Gasteiger partial charge in [0.25, 0.3) is 0 Å². The first-order chi connectivity index (χ1) is 5.61. The van der Waals surface area contributed by atoms with Crippen molar-refractivity contribution in [1.29, 1.82) is 0 Å². The van der Waals surface area contributed by atoms with Gasteiger partial charge >= 0.3 is 0 Å². The standard InChI is InChI=1S/C9H17NO2/c1-6(2)9(11)10-8-4-5-12-7(8)3/h6-8H,4-5H2,1-3H3,(H,10,11). The largest absolute Gasteiger partial charge is 0.376 e. The second-order valence-corrected chi connectivity index (χ2v) is 3.63. The zero-order valence-electron chi connectivity index (χ0n) is 7.96. The summed E-state index contributed by atoms with van der Waals surface area (Å²) in [5, 5.41) is 2.96. The van der Waals surface area contributed by atoms with E-state index in [1.54, 1.807) is 0 Å². The Balaban J connectivity index is 2.35. The van der Waals surface area contributed by atoms with Crippen LogP contribution in [0.15, 0.2) is 0 Å². The van der Waals surface area contributed by atoms with Crippen LogP contribution < -0.4 is 5.32 Å². The van der Waals surface area contributed by atoms with E-state index in [1.165, 1.54) is 0 Å². The molecule has 1 saturated heterocycles. The van der Waals surface area contributed by atoms with Crippen LogP contribution in [0.3, 0.4) is 0 Å². The molecule has 3 heteroatoms. The highest BCUT2D eigenvalue weighted by molar-refractivity contribution is 5.78. The molecule has 1 rings (SSSR count). The van der Waals surface area contributed by atoms with Crippen LogP contribution in [0.5, 0.6) is 0 Å². The average Bonchev–Trinajstić information content (AvgIpc) is 2.36. The molecule has 1 heterocycles. The van der Waals surface area contributed by atoms with Gasteiger partial charge in [0.05, 0.1) is 12.1 Å². The first-order valence-corrected chi connectivity index (χ1v) is 4.53. The van der Waals surface area contributed by atoms with Gasteiger partial charge in [-0.25, -0.2) is 0 Å². The molecule has 2 unspecified atom stereocenters. The van der Waals surface area contributed by atoms with Crippen LogP contribution in [0.1, 0.15) is 27.2 Å². The van der Waals surface area contributed by atoms with Crippen LogP contribution >= 0.6 is 0 Å². The molecule has 0 aromatic rings. The number of carbonyl (C=O) groups excluding carboxylic acids is 1. The Morgan fingerprint density at radius 3 is 2.67 bits per heavy atom. The Morgan fingerprint density at radius 1 is 1.58 bits per heavy atom. The van der Waals surface area contributed by atoms with Crippen molar-refractivity contribution >= 4 is 5.91 Å². The maximum absolute atomic E-state index is 11.3. The van der Waals surface area contributed by atoms with Gasteiger partial charge < -0.3 is 10.1 Å². The summed E-state index contributed by atoms with van der Waals surface area (Å²) < 4.78 is 5.33. The minimum absolute atomic E-state index is 0.0674. The number of hydrogen-bond donors (Lipinski definition) is 1. The van der Waals surface area contributed by atoms with Crippen molar-refractivity contribution in [1.82, 2.24) is 5.32 Å². The summed E-state index contributed by atoms with van der Waals surface area (Å²) in [4.78, 5) is 11.3. The normalized spacial score (nSPS) is 29.3. The highest BCUT2D eigenvalue weighted by atomic mass is 16.5. The molecule has 0 aromatic carbocycles. The lowest BCUT2D eigenvalue weighted by Gasteiger charge is -2.17. The number of hydrogen-bond acceptors (Lipinski definition) is 2. The minimum atomic E-state index is 0.0674. The van der Waals surface area contributed by atoms with Crippen LogP contribution in [0, 0.1) is 5.92 Å². The lowest BCUT2D eigenvalue weighted by molar-refractivity contribution is -0.125. The van der Waals surface area contributed by atoms with Crippen LogP contribution in [0.25, 0.3) is 0 Å². The van der Waals surface area contributed by atoms with Crippen LogP contribution in [0.2, 0.25) is 0 Å². The van der Waals surface area contributed by atoms with Crippen molar-refractivity contribution in [2.24, 2.45) is 5.92 Å². The van der Waals surface area contributed by atoms with E-state index in [0.29, 0.717) is 0 Å². The molecule has 70 valence electrons. The Bertz CT molecular complexity index is 168. The lowest BCUT2D eigenvalue weighted by Crippen LogP contribution is -2.41. The van der Waals surface area contributed by atoms with Crippen LogP contribution in [-0.2, 0) is 9.53 Å². The number of rotatable bonds is 2. The van der Waals surface area contributed by atoms with Crippen LogP contribution in [-0.4, -0.2) is 24.7 Å². The van der Waals surface area contributed by atoms with E-state index in [4.69, 9.17) is 4.74 Å². The Morgan fingerprint density at radius 2 is 2.25 bits per heavy atom. The van der Waals surface area contributed by atoms with Crippen molar-refractivity contribution in [2.75, 3.05) is 6.61 Å². The van der Waals surface area contributed by atoms with E-state index in [1.807, 2.05) is 20.8 Å². The summed E-state index contributed by atoms with van der Waals surface area (Å²) in [6.07, 6.45) is 1.12. The van der Waals surface area contributed by atoms with Gasteiger partial charge in [-0.15, -0.1) is 0 Å². The van der Waals surface area contributed by atoms with Gasteiger partial charge in [-0.3, -0.25) is 4.79 Å². The third-order valence-electron chi connectivity index (χ3n) is 2.23. The second-order valence-electron chi connectivity index (χ2n) is 3.63. The molecule has 0 aromatic heterocycles. The summed E-state index contributed by atoms with van der Waals surface area (Å²) >= 11 is 0. The summed E-state index contributed by atoms with van der Waals surface area (Å²) in [5.74, 6) is 0.190. The molecule has 0 bridgehead atoms. The van der Waals surface area contributed by atoms with Crippen molar-refractivity contribution in [3.05, 3.63) is 0 Å². The van der Waals surface area contributed by atoms with Crippen LogP contribution in [0.4, 0.5) is 0 Å². The SMILES string of the molecule is CC(C)C(=O)NC1CCOC1C. The summed E-state index contributed by atoms with van der Waals surface area (Å²) in [7, 11) is 0. The van der Waals surface area contributed by atoms with E-state index in [-0.39, 0.29) is 24.0 Å². The maximum atomic E-state index is 11.3. The molecule has 1 amide bonds. The second kappa shape index (κ2) is 3.90. The number of carbonyl (C=O) groups is 1. The Kier molecular flexibility index (Phi) is 3.09. The van der Waals surface area contributed by atoms with Gasteiger partial charge in [0.2, 0.25) is 5.91 Å². The van der Waals surface area contributed by atoms with Gasteiger partial charge in [0.15, 0.2) is 0 Å². The quantitative estimate of drug-likeness (QED) is 0.671. The molecule has 1 aliphatic heterocycles. The van der Waals surface area contributed by atoms with E-state index >= 15 is 0 Å². The molecule has 12 heavy (non-hydrogen) atoms. The Labute approximate surface area is 73.5 Å². The summed E-state index contributed by atoms with van der Waals surface area (Å²) in [6, 6.07) is 0.222. The van der Waals surface area contributed by atoms with E-state index in [2.05, 4.69) is 5.32 Å². The molecule has 1 aliphatic rings. The predicted molar refractivity (Wildman–Crippen MR) is 46.8 cm³/mol. The molecule has 0 radical (unpaired) electrons. The van der Waals surface area contributed by atoms with Gasteiger partial charge in [0.1, 0.15) is 0 Å². The molecular formula is C9H17NO2. The highest BCUT2D eigenvalue weighted by Gasteiger charge is 2.25. The van der Waals surface area contributed by atoms with E-state index in [0.717, 1.165) is 13.0 Å². The monoisotopic (exact) mass is 171 g/mol. The molecule has 0 saturated carbocycles. The van der Waals surface area contributed by atoms with Crippen molar-refractivity contribution in [2.45, 2.75) is 39.3 Å². The molecular weight excluding hydrogens is 154 g/mol. The van der Waals surface area contributed by atoms with Gasteiger partial charge in [-0.1, -0.05) is 13.8 Å². The predicted octanol–water partition coefficient (Wildman–Crippen LogP) is 0.936. The summed E-state index contributed by atoms with van der Waals surface area (Å²) in [5.41, 5.74) is 0. The summed E-state index contributed by atoms with van der Waals surface area (Å²) in [6.45, 7) is 6.56. The van der Waals surface area contributed by atoms with E-state index in [9.17, 15) is 4.79 Å². The Hall–Kier alpha value is -0.570. The van der Waals surface area contributed by atoms with Gasteiger partial charge in [-0.05, 0) is 13.3 Å². The van der Waals surface area contributed by atoms with Crippen molar-refractivity contribution in [3.8, 4) is 0 Å². The first kappa shape index (κ1) is 9.52. The molecule has 1 N–H and O–H groups in total. The number of nitrogens with one attached hydrogen (secondary N) is 1. The fraction of sp³-hybridized carbons (Fsp3) is 0.889. The van der Waals surface area contributed by atoms with E-state index < -0.39 is 0 Å². The number of ether oxygens (including phenoxy) is 1. The minimum Gasteiger partial charge on any atom is -0.376 e. The van der Waals surface area contributed by atoms with Gasteiger partial charge in [-0.2, -0.15) is 0 Å². The van der Waals surface area contributed by atoms with Gasteiger partial charge in [0, 0.05) is 12.5 Å². The highest BCUT2D eigenvalue weighted by Crippen LogP contribution is 2.12. The van der Waals surface area contributed by atoms with Crippen molar-refractivity contribution < 1.29 is 9.53 Å². The fourth-order valence-corrected chi connectivity index (χ4v) is 1.27. The first-order valence-electron chi connectivity index (χ1n) is 4.53. The molecule has 2 atom stereocenters. The molecule has 1 fully saturated rings. The fourth-order valence-electron chi connectivity index (χ4n) is 1.27. The number of amides is 1. The zero-order chi connectivity index (χ0) is 9.14. The average molecular weight is 171 g/mol. The van der Waals surface area contributed by atoms with Crippen molar-refractivity contribution in [3.63, 3.8) is 0 Å². The topological polar surface area (TPSA) is 38.3 Å². The molecule has 0 spiro atoms. The molecule has 3 nitrogen and oxygen atoms in total.